The third-order valence-corrected chi connectivity index (χ3v) is 2.73. The zero-order valence-corrected chi connectivity index (χ0v) is 10.2. The molecule has 90 valence electrons. The van der Waals surface area contributed by atoms with Gasteiger partial charge in [-0.1, -0.05) is 0 Å². The highest BCUT2D eigenvalue weighted by atomic mass is 32.1. The molecule has 1 aromatic heterocycles. The molecule has 0 bridgehead atoms. The molecular formula is C11H14N4OS. The lowest BCUT2D eigenvalue weighted by Crippen LogP contribution is -2.44. The number of nitrogens with one attached hydrogen (secondary N) is 1. The molecular weight excluding hydrogens is 236 g/mol. The lowest BCUT2D eigenvalue weighted by Gasteiger charge is -2.28. The van der Waals surface area contributed by atoms with Gasteiger partial charge in [-0.3, -0.25) is 10.4 Å². The molecule has 1 fully saturated rings. The van der Waals surface area contributed by atoms with Crippen LogP contribution in [-0.4, -0.2) is 47.5 Å². The van der Waals surface area contributed by atoms with Gasteiger partial charge in [0, 0.05) is 25.5 Å². The predicted octanol–water partition coefficient (Wildman–Crippen LogP) is 0.622. The Balaban J connectivity index is 1.81. The zero-order valence-electron chi connectivity index (χ0n) is 9.37. The van der Waals surface area contributed by atoms with E-state index in [0.717, 1.165) is 31.9 Å². The number of hydrazone groups is 1. The van der Waals surface area contributed by atoms with Gasteiger partial charge in [-0.15, -0.1) is 0 Å². The average molecular weight is 250 g/mol. The molecule has 5 nitrogen and oxygen atoms in total. The highest BCUT2D eigenvalue weighted by Crippen LogP contribution is 1.97. The first-order valence-corrected chi connectivity index (χ1v) is 5.83. The van der Waals surface area contributed by atoms with Crippen LogP contribution in [0.4, 0.5) is 0 Å². The number of hydrogen-bond acceptors (Lipinski definition) is 4. The monoisotopic (exact) mass is 250 g/mol. The minimum atomic E-state index is 0.638. The van der Waals surface area contributed by atoms with Crippen LogP contribution in [0.15, 0.2) is 29.6 Å². The largest absolute Gasteiger partial charge is 0.378 e. The van der Waals surface area contributed by atoms with E-state index in [2.05, 4.69) is 15.5 Å². The third kappa shape index (κ3) is 3.76. The summed E-state index contributed by atoms with van der Waals surface area (Å²) in [6, 6.07) is 3.76. The first kappa shape index (κ1) is 11.9. The minimum absolute atomic E-state index is 0.638. The van der Waals surface area contributed by atoms with Crippen molar-refractivity contribution in [3.05, 3.63) is 30.1 Å². The molecule has 0 aromatic carbocycles. The molecule has 0 amide bonds. The maximum Gasteiger partial charge on any atom is 0.189 e. The Kier molecular flexibility index (Phi) is 4.40. The van der Waals surface area contributed by atoms with Crippen molar-refractivity contribution in [2.75, 3.05) is 26.3 Å². The number of morpholine rings is 1. The Hall–Kier alpha value is -1.53. The van der Waals surface area contributed by atoms with Crippen LogP contribution in [0.2, 0.25) is 0 Å². The number of ether oxygens (including phenoxy) is 1. The number of hydrogen-bond donors (Lipinski definition) is 1. The number of nitrogens with zero attached hydrogens (tertiary/aromatic N) is 3. The van der Waals surface area contributed by atoms with Crippen LogP contribution in [0.25, 0.3) is 0 Å². The molecule has 1 aromatic rings. The van der Waals surface area contributed by atoms with Gasteiger partial charge in [0.1, 0.15) is 0 Å². The zero-order chi connectivity index (χ0) is 11.9. The Morgan fingerprint density at radius 3 is 2.82 bits per heavy atom. The Morgan fingerprint density at radius 2 is 2.12 bits per heavy atom. The second-order valence-electron chi connectivity index (χ2n) is 3.56. The van der Waals surface area contributed by atoms with E-state index < -0.39 is 0 Å². The molecule has 0 atom stereocenters. The number of pyridine rings is 1. The Morgan fingerprint density at radius 1 is 1.41 bits per heavy atom. The van der Waals surface area contributed by atoms with Crippen molar-refractivity contribution >= 4 is 23.5 Å². The lowest BCUT2D eigenvalue weighted by atomic mass is 10.3. The van der Waals surface area contributed by atoms with Gasteiger partial charge in [-0.05, 0) is 29.9 Å². The summed E-state index contributed by atoms with van der Waals surface area (Å²) < 4.78 is 5.25. The van der Waals surface area contributed by atoms with Crippen molar-refractivity contribution in [3.63, 3.8) is 0 Å². The standard InChI is InChI=1S/C11H14N4OS/c17-11(15-5-7-16-8-6-15)14-13-9-10-1-3-12-4-2-10/h1-4,9H,5-8H2,(H,14,17)/b13-9+. The summed E-state index contributed by atoms with van der Waals surface area (Å²) in [4.78, 5) is 5.98. The third-order valence-electron chi connectivity index (χ3n) is 2.38. The molecule has 17 heavy (non-hydrogen) atoms. The van der Waals surface area contributed by atoms with Crippen molar-refractivity contribution in [3.8, 4) is 0 Å². The van der Waals surface area contributed by atoms with Crippen LogP contribution in [0, 0.1) is 0 Å². The number of rotatable bonds is 2. The quantitative estimate of drug-likeness (QED) is 0.474. The van der Waals surface area contributed by atoms with Crippen molar-refractivity contribution in [1.82, 2.24) is 15.3 Å². The molecule has 6 heteroatoms. The Bertz CT molecular complexity index is 390. The SMILES string of the molecule is S=C(N/N=C/c1ccncc1)N1CCOCC1. The van der Waals surface area contributed by atoms with E-state index in [1.54, 1.807) is 18.6 Å². The fourth-order valence-corrected chi connectivity index (χ4v) is 1.68. The van der Waals surface area contributed by atoms with Gasteiger partial charge < -0.3 is 9.64 Å². The average Bonchev–Trinajstić information content (AvgIpc) is 2.41. The van der Waals surface area contributed by atoms with Crippen LogP contribution in [0.1, 0.15) is 5.56 Å². The molecule has 2 rings (SSSR count). The van der Waals surface area contributed by atoms with E-state index in [0.29, 0.717) is 5.11 Å². The second-order valence-corrected chi connectivity index (χ2v) is 3.94. The maximum atomic E-state index is 5.25. The van der Waals surface area contributed by atoms with E-state index in [1.165, 1.54) is 0 Å². The molecule has 0 saturated carbocycles. The van der Waals surface area contributed by atoms with E-state index >= 15 is 0 Å². The second kappa shape index (κ2) is 6.27. The molecule has 0 aliphatic carbocycles. The molecule has 0 unspecified atom stereocenters. The summed E-state index contributed by atoms with van der Waals surface area (Å²) in [7, 11) is 0. The molecule has 2 heterocycles. The molecule has 1 saturated heterocycles. The highest BCUT2D eigenvalue weighted by Gasteiger charge is 2.12. The van der Waals surface area contributed by atoms with E-state index in [4.69, 9.17) is 17.0 Å². The fraction of sp³-hybridized carbons (Fsp3) is 0.364. The molecule has 1 aliphatic heterocycles. The summed E-state index contributed by atoms with van der Waals surface area (Å²) in [5.74, 6) is 0. The predicted molar refractivity (Wildman–Crippen MR) is 70.0 cm³/mol. The van der Waals surface area contributed by atoms with Crippen LogP contribution in [0.3, 0.4) is 0 Å². The first-order chi connectivity index (χ1) is 8.36. The van der Waals surface area contributed by atoms with Crippen LogP contribution in [-0.2, 0) is 4.74 Å². The minimum Gasteiger partial charge on any atom is -0.378 e. The maximum absolute atomic E-state index is 5.25. The van der Waals surface area contributed by atoms with E-state index in [9.17, 15) is 0 Å². The normalized spacial score (nSPS) is 16.1. The van der Waals surface area contributed by atoms with E-state index in [-0.39, 0.29) is 0 Å². The highest BCUT2D eigenvalue weighted by molar-refractivity contribution is 7.80. The summed E-state index contributed by atoms with van der Waals surface area (Å²) in [5, 5.41) is 4.73. The first-order valence-electron chi connectivity index (χ1n) is 5.42. The van der Waals surface area contributed by atoms with E-state index in [1.807, 2.05) is 17.0 Å². The van der Waals surface area contributed by atoms with Gasteiger partial charge in [0.25, 0.3) is 0 Å². The summed E-state index contributed by atoms with van der Waals surface area (Å²) >= 11 is 5.22. The molecule has 0 radical (unpaired) electrons. The fourth-order valence-electron chi connectivity index (χ4n) is 1.45. The van der Waals surface area contributed by atoms with Gasteiger partial charge in [0.2, 0.25) is 0 Å². The summed E-state index contributed by atoms with van der Waals surface area (Å²) in [5.41, 5.74) is 3.84. The number of aromatic nitrogens is 1. The van der Waals surface area contributed by atoms with Gasteiger partial charge in [-0.2, -0.15) is 5.10 Å². The van der Waals surface area contributed by atoms with Gasteiger partial charge in [0.15, 0.2) is 5.11 Å². The molecule has 1 aliphatic rings. The van der Waals surface area contributed by atoms with Crippen molar-refractivity contribution in [2.45, 2.75) is 0 Å². The van der Waals surface area contributed by atoms with Gasteiger partial charge in [-0.25, -0.2) is 0 Å². The summed E-state index contributed by atoms with van der Waals surface area (Å²) in [6.07, 6.45) is 5.16. The van der Waals surface area contributed by atoms with Crippen molar-refractivity contribution in [2.24, 2.45) is 5.10 Å². The number of thiocarbonyl (C=S) groups is 1. The van der Waals surface area contributed by atoms with Gasteiger partial charge >= 0.3 is 0 Å². The lowest BCUT2D eigenvalue weighted by molar-refractivity contribution is 0.0677. The molecule has 0 spiro atoms. The topological polar surface area (TPSA) is 49.8 Å². The Labute approximate surface area is 105 Å². The van der Waals surface area contributed by atoms with Gasteiger partial charge in [0.05, 0.1) is 19.4 Å². The van der Waals surface area contributed by atoms with Crippen LogP contribution in [0.5, 0.6) is 0 Å². The molecule has 1 N–H and O–H groups in total. The van der Waals surface area contributed by atoms with Crippen LogP contribution >= 0.6 is 12.2 Å². The summed E-state index contributed by atoms with van der Waals surface area (Å²) in [6.45, 7) is 3.07. The van der Waals surface area contributed by atoms with Crippen LogP contribution < -0.4 is 5.43 Å². The van der Waals surface area contributed by atoms with Crippen molar-refractivity contribution < 1.29 is 4.74 Å². The smallest absolute Gasteiger partial charge is 0.189 e. The van der Waals surface area contributed by atoms with Crippen molar-refractivity contribution in [1.29, 1.82) is 0 Å².